The maximum absolute atomic E-state index is 13.8. The summed E-state index contributed by atoms with van der Waals surface area (Å²) in [5, 5.41) is 15.9. The summed E-state index contributed by atoms with van der Waals surface area (Å²) in [6.07, 6.45) is 7.08. The fourth-order valence-corrected chi connectivity index (χ4v) is 8.42. The summed E-state index contributed by atoms with van der Waals surface area (Å²) in [6, 6.07) is 31.0. The first-order valence-corrected chi connectivity index (χ1v) is 20.0. The molecule has 1 amide bonds. The molecule has 1 atom stereocenters. The molecule has 2 fully saturated rings. The Hall–Kier alpha value is -6.25. The predicted octanol–water partition coefficient (Wildman–Crippen LogP) is 8.87. The molecule has 4 heterocycles. The first-order chi connectivity index (χ1) is 27.2. The molecule has 2 aromatic heterocycles. The number of nitrogens with one attached hydrogen (secondary N) is 3. The standard InChI is InChI=1S/C42H40N6O7S.CH4/c49-42(46-56(52,53)35-13-15-37(39(25-35)48(50)51)44-26-28-17-21-54-22-18-28)36-14-10-31(24-40(36)55-34-23-32-16-19-43-41(32)45-27-34)29-8-11-33(12-9-29)47-20-4-7-38(47)30-5-2-1-3-6-30;/h1-3,5-6,8-16,19,23-25,27-28,38,44H,4,7,17-18,20-22,26H2,(H,43,45)(H,46,49);1H4. The van der Waals surface area contributed by atoms with Crippen LogP contribution in [0.15, 0.2) is 120 Å². The van der Waals surface area contributed by atoms with Crippen LogP contribution in [0, 0.1) is 16.0 Å². The first-order valence-electron chi connectivity index (χ1n) is 18.6. The third-order valence-electron chi connectivity index (χ3n) is 10.4. The number of ether oxygens (including phenoxy) is 2. The summed E-state index contributed by atoms with van der Waals surface area (Å²) in [5.74, 6) is -0.264. The highest BCUT2D eigenvalue weighted by Crippen LogP contribution is 2.38. The van der Waals surface area contributed by atoms with E-state index in [1.54, 1.807) is 24.4 Å². The summed E-state index contributed by atoms with van der Waals surface area (Å²) < 4.78 is 40.9. The number of H-pyrrole nitrogens is 1. The molecule has 1 unspecified atom stereocenters. The van der Waals surface area contributed by atoms with Crippen molar-refractivity contribution in [2.45, 2.75) is 44.0 Å². The molecule has 3 N–H and O–H groups in total. The zero-order chi connectivity index (χ0) is 38.6. The molecule has 2 saturated heterocycles. The Morgan fingerprint density at radius 3 is 2.49 bits per heavy atom. The van der Waals surface area contributed by atoms with E-state index in [4.69, 9.17) is 9.47 Å². The normalized spacial score (nSPS) is 15.9. The molecule has 8 rings (SSSR count). The largest absolute Gasteiger partial charge is 0.455 e. The average molecular weight is 789 g/mol. The van der Waals surface area contributed by atoms with Gasteiger partial charge in [0, 0.05) is 49.6 Å². The van der Waals surface area contributed by atoms with Gasteiger partial charge in [-0.05, 0) is 96.8 Å². The molecule has 0 spiro atoms. The Balaban J connectivity index is 0.00000496. The highest BCUT2D eigenvalue weighted by atomic mass is 32.2. The van der Waals surface area contributed by atoms with Crippen LogP contribution in [-0.4, -0.2) is 55.5 Å². The van der Waals surface area contributed by atoms with Crippen molar-refractivity contribution in [3.63, 3.8) is 0 Å². The number of carbonyl (C=O) groups excluding carboxylic acids is 1. The van der Waals surface area contributed by atoms with E-state index in [0.717, 1.165) is 60.5 Å². The Labute approximate surface area is 331 Å². The monoisotopic (exact) mass is 788 g/mol. The molecule has 2 aliphatic heterocycles. The van der Waals surface area contributed by atoms with Crippen molar-refractivity contribution in [3.05, 3.63) is 137 Å². The first kappa shape index (κ1) is 39.0. The van der Waals surface area contributed by atoms with Crippen LogP contribution in [0.25, 0.3) is 22.2 Å². The number of rotatable bonds is 12. The van der Waals surface area contributed by atoms with Gasteiger partial charge >= 0.3 is 0 Å². The molecule has 0 saturated carbocycles. The van der Waals surface area contributed by atoms with E-state index >= 15 is 0 Å². The Kier molecular flexibility index (Phi) is 11.5. The van der Waals surface area contributed by atoms with Gasteiger partial charge in [-0.1, -0.05) is 56.0 Å². The molecule has 2 aliphatic rings. The van der Waals surface area contributed by atoms with Gasteiger partial charge in [0.2, 0.25) is 0 Å². The Morgan fingerprint density at radius 2 is 1.72 bits per heavy atom. The van der Waals surface area contributed by atoms with Crippen LogP contribution in [0.4, 0.5) is 17.1 Å². The third kappa shape index (κ3) is 8.61. The molecular formula is C43H44N6O7S. The number of carbonyl (C=O) groups is 1. The van der Waals surface area contributed by atoms with E-state index in [1.807, 2.05) is 24.3 Å². The summed E-state index contributed by atoms with van der Waals surface area (Å²) in [7, 11) is -4.55. The number of aromatic nitrogens is 2. The van der Waals surface area contributed by atoms with Crippen molar-refractivity contribution in [1.82, 2.24) is 14.7 Å². The number of nitro benzene ring substituents is 1. The molecule has 0 radical (unpaired) electrons. The number of hydrogen-bond donors (Lipinski definition) is 3. The van der Waals surface area contributed by atoms with Crippen LogP contribution in [0.3, 0.4) is 0 Å². The molecule has 294 valence electrons. The lowest BCUT2D eigenvalue weighted by Gasteiger charge is -2.27. The minimum absolute atomic E-state index is 0. The van der Waals surface area contributed by atoms with Crippen molar-refractivity contribution in [1.29, 1.82) is 0 Å². The van der Waals surface area contributed by atoms with Crippen molar-refractivity contribution >= 4 is 44.0 Å². The van der Waals surface area contributed by atoms with Gasteiger partial charge < -0.3 is 24.7 Å². The zero-order valence-electron chi connectivity index (χ0n) is 30.4. The van der Waals surface area contributed by atoms with Crippen LogP contribution >= 0.6 is 0 Å². The van der Waals surface area contributed by atoms with Crippen LogP contribution in [-0.2, 0) is 14.8 Å². The van der Waals surface area contributed by atoms with E-state index < -0.39 is 31.4 Å². The smallest absolute Gasteiger partial charge is 0.293 e. The lowest BCUT2D eigenvalue weighted by atomic mass is 10.0. The fraction of sp³-hybridized carbons (Fsp3) is 0.256. The maximum Gasteiger partial charge on any atom is 0.293 e. The number of benzene rings is 4. The van der Waals surface area contributed by atoms with Gasteiger partial charge in [0.15, 0.2) is 0 Å². The van der Waals surface area contributed by atoms with Crippen LogP contribution in [0.1, 0.15) is 55.1 Å². The van der Waals surface area contributed by atoms with Gasteiger partial charge in [-0.25, -0.2) is 18.1 Å². The number of amides is 1. The number of anilines is 2. The van der Waals surface area contributed by atoms with E-state index in [-0.39, 0.29) is 30.3 Å². The molecule has 6 aromatic rings. The lowest BCUT2D eigenvalue weighted by Crippen LogP contribution is -2.31. The molecule has 14 heteroatoms. The molecule has 0 bridgehead atoms. The van der Waals surface area contributed by atoms with Gasteiger partial charge in [0.1, 0.15) is 22.8 Å². The minimum Gasteiger partial charge on any atom is -0.455 e. The van der Waals surface area contributed by atoms with Gasteiger partial charge in [-0.15, -0.1) is 0 Å². The second-order valence-electron chi connectivity index (χ2n) is 14.0. The molecule has 57 heavy (non-hydrogen) atoms. The van der Waals surface area contributed by atoms with Gasteiger partial charge in [-0.3, -0.25) is 14.9 Å². The SMILES string of the molecule is C.O=C(NS(=O)(=O)c1ccc(NCC2CCOCC2)c([N+](=O)[O-])c1)c1ccc(-c2ccc(N3CCCC3c3ccccc3)cc2)cc1Oc1cnc2[nH]ccc2c1. The van der Waals surface area contributed by atoms with Crippen molar-refractivity contribution in [2.24, 2.45) is 5.92 Å². The number of hydrogen-bond acceptors (Lipinski definition) is 10. The molecule has 4 aromatic carbocycles. The number of pyridine rings is 1. The molecule has 13 nitrogen and oxygen atoms in total. The Bertz CT molecular complexity index is 2490. The maximum atomic E-state index is 13.8. The number of nitrogens with zero attached hydrogens (tertiary/aromatic N) is 3. The van der Waals surface area contributed by atoms with Gasteiger partial charge in [0.25, 0.3) is 21.6 Å². The summed E-state index contributed by atoms with van der Waals surface area (Å²) >= 11 is 0. The molecule has 0 aliphatic carbocycles. The average Bonchev–Trinajstić information content (AvgIpc) is 3.91. The van der Waals surface area contributed by atoms with E-state index in [1.165, 1.54) is 30.0 Å². The van der Waals surface area contributed by atoms with Crippen molar-refractivity contribution < 1.29 is 27.6 Å². The number of fused-ring (bicyclic) bond motifs is 1. The summed E-state index contributed by atoms with van der Waals surface area (Å²) in [6.45, 7) is 2.69. The van der Waals surface area contributed by atoms with E-state index in [0.29, 0.717) is 37.2 Å². The lowest BCUT2D eigenvalue weighted by molar-refractivity contribution is -0.384. The van der Waals surface area contributed by atoms with Crippen molar-refractivity contribution in [3.8, 4) is 22.6 Å². The second-order valence-corrected chi connectivity index (χ2v) is 15.7. The minimum atomic E-state index is -4.55. The topological polar surface area (TPSA) is 169 Å². The highest BCUT2D eigenvalue weighted by molar-refractivity contribution is 7.90. The van der Waals surface area contributed by atoms with Gasteiger partial charge in [0.05, 0.1) is 27.6 Å². The molecular weight excluding hydrogens is 745 g/mol. The van der Waals surface area contributed by atoms with Crippen LogP contribution < -0.4 is 19.7 Å². The zero-order valence-corrected chi connectivity index (χ0v) is 31.2. The highest BCUT2D eigenvalue weighted by Gasteiger charge is 2.28. The number of aromatic amines is 1. The van der Waals surface area contributed by atoms with Crippen LogP contribution in [0.5, 0.6) is 11.5 Å². The summed E-state index contributed by atoms with van der Waals surface area (Å²) in [4.78, 5) is 34.6. The Morgan fingerprint density at radius 1 is 0.947 bits per heavy atom. The van der Waals surface area contributed by atoms with E-state index in [9.17, 15) is 23.3 Å². The van der Waals surface area contributed by atoms with E-state index in [2.05, 4.69) is 61.3 Å². The third-order valence-corrected chi connectivity index (χ3v) is 11.8. The fourth-order valence-electron chi connectivity index (χ4n) is 7.44. The predicted molar refractivity (Wildman–Crippen MR) is 220 cm³/mol. The number of sulfonamides is 1. The quantitative estimate of drug-likeness (QED) is 0.0805. The number of nitro groups is 1. The second kappa shape index (κ2) is 16.9. The van der Waals surface area contributed by atoms with Crippen molar-refractivity contribution in [2.75, 3.05) is 36.5 Å². The van der Waals surface area contributed by atoms with Gasteiger partial charge in [-0.2, -0.15) is 0 Å². The van der Waals surface area contributed by atoms with Crippen LogP contribution in [0.2, 0.25) is 0 Å². The summed E-state index contributed by atoms with van der Waals surface area (Å²) in [5.41, 5.74) is 4.36.